The summed E-state index contributed by atoms with van der Waals surface area (Å²) in [5.74, 6) is -0.560. The maximum absolute atomic E-state index is 12.3. The topological polar surface area (TPSA) is 93.1 Å². The van der Waals surface area contributed by atoms with E-state index in [2.05, 4.69) is 0 Å². The number of ether oxygens (including phenoxy) is 2. The highest BCUT2D eigenvalue weighted by molar-refractivity contribution is 6.03. The van der Waals surface area contributed by atoms with Gasteiger partial charge in [-0.3, -0.25) is 0 Å². The average molecular weight is 395 g/mol. The van der Waals surface area contributed by atoms with Crippen molar-refractivity contribution in [1.29, 1.82) is 0 Å². The van der Waals surface area contributed by atoms with Gasteiger partial charge in [-0.25, -0.2) is 9.59 Å². The summed E-state index contributed by atoms with van der Waals surface area (Å²) < 4.78 is 10.6. The summed E-state index contributed by atoms with van der Waals surface area (Å²) in [5.41, 5.74) is 0.426. The molecule has 0 aliphatic rings. The molecule has 6 heteroatoms. The molecule has 2 atom stereocenters. The van der Waals surface area contributed by atoms with Crippen molar-refractivity contribution in [2.75, 3.05) is 26.4 Å². The van der Waals surface area contributed by atoms with Gasteiger partial charge in [0.05, 0.1) is 24.3 Å². The van der Waals surface area contributed by atoms with Crippen LogP contribution in [-0.4, -0.2) is 48.6 Å². The number of unbranched alkanes of at least 4 members (excludes halogenated alkanes) is 2. The Kier molecular flexibility index (Phi) is 12.2. The van der Waals surface area contributed by atoms with Gasteiger partial charge in [-0.05, 0) is 62.5 Å². The van der Waals surface area contributed by atoms with E-state index in [4.69, 9.17) is 19.7 Å². The van der Waals surface area contributed by atoms with Crippen molar-refractivity contribution < 1.29 is 29.3 Å². The maximum atomic E-state index is 12.3. The Morgan fingerprint density at radius 2 is 1.18 bits per heavy atom. The summed E-state index contributed by atoms with van der Waals surface area (Å²) in [6.45, 7) is 4.83. The van der Waals surface area contributed by atoms with Crippen molar-refractivity contribution in [1.82, 2.24) is 0 Å². The quantitative estimate of drug-likeness (QED) is 0.370. The summed E-state index contributed by atoms with van der Waals surface area (Å²) >= 11 is 0. The first kappa shape index (κ1) is 24.1. The molecule has 1 aromatic rings. The van der Waals surface area contributed by atoms with Crippen molar-refractivity contribution in [2.45, 2.75) is 52.4 Å². The lowest BCUT2D eigenvalue weighted by Gasteiger charge is -2.11. The third kappa shape index (κ3) is 9.33. The molecule has 0 aliphatic heterocycles. The van der Waals surface area contributed by atoms with Gasteiger partial charge in [-0.1, -0.05) is 26.0 Å². The van der Waals surface area contributed by atoms with Crippen LogP contribution in [0.4, 0.5) is 0 Å². The predicted octanol–water partition coefficient (Wildman–Crippen LogP) is 3.60. The third-order valence-electron chi connectivity index (χ3n) is 4.64. The Balaban J connectivity index is 2.43. The van der Waals surface area contributed by atoms with Gasteiger partial charge in [-0.15, -0.1) is 0 Å². The van der Waals surface area contributed by atoms with E-state index in [1.165, 1.54) is 0 Å². The molecule has 0 saturated heterocycles. The molecule has 0 fully saturated rings. The van der Waals surface area contributed by atoms with Crippen molar-refractivity contribution in [3.05, 3.63) is 35.4 Å². The Labute approximate surface area is 167 Å². The lowest BCUT2D eigenvalue weighted by Crippen LogP contribution is -2.15. The lowest BCUT2D eigenvalue weighted by atomic mass is 10.1. The van der Waals surface area contributed by atoms with Crippen molar-refractivity contribution in [3.8, 4) is 0 Å². The van der Waals surface area contributed by atoms with Crippen LogP contribution in [0.5, 0.6) is 0 Å². The van der Waals surface area contributed by atoms with Crippen LogP contribution >= 0.6 is 0 Å². The Hall–Kier alpha value is -1.92. The highest BCUT2D eigenvalue weighted by atomic mass is 16.5. The fourth-order valence-corrected chi connectivity index (χ4v) is 2.70. The highest BCUT2D eigenvalue weighted by Gasteiger charge is 2.18. The summed E-state index contributed by atoms with van der Waals surface area (Å²) in [7, 11) is 0. The molecule has 0 heterocycles. The smallest absolute Gasteiger partial charge is 0.339 e. The standard InChI is InChI=1S/C22H34O6/c1-17(15-23)9-5-7-13-27-21(25)19-11-3-4-12-20(19)22(26)28-14-8-6-10-18(2)16-24/h3-4,11-12,17-18,23-24H,5-10,13-16H2,1-2H3. The van der Waals surface area contributed by atoms with Gasteiger partial charge < -0.3 is 19.7 Å². The van der Waals surface area contributed by atoms with Gasteiger partial charge in [0, 0.05) is 13.2 Å². The number of benzene rings is 1. The number of carbonyl (C=O) groups excluding carboxylic acids is 2. The summed E-state index contributed by atoms with van der Waals surface area (Å²) in [5, 5.41) is 18.0. The van der Waals surface area contributed by atoms with Crippen LogP contribution in [-0.2, 0) is 9.47 Å². The molecule has 0 saturated carbocycles. The lowest BCUT2D eigenvalue weighted by molar-refractivity contribution is 0.0448. The van der Waals surface area contributed by atoms with Gasteiger partial charge >= 0.3 is 11.9 Å². The molecule has 1 rings (SSSR count). The zero-order chi connectivity index (χ0) is 20.8. The Morgan fingerprint density at radius 3 is 1.54 bits per heavy atom. The maximum Gasteiger partial charge on any atom is 0.339 e. The van der Waals surface area contributed by atoms with Crippen molar-refractivity contribution in [2.24, 2.45) is 11.8 Å². The van der Waals surface area contributed by atoms with Gasteiger partial charge in [0.1, 0.15) is 0 Å². The highest BCUT2D eigenvalue weighted by Crippen LogP contribution is 2.14. The first-order valence-corrected chi connectivity index (χ1v) is 10.1. The number of aliphatic hydroxyl groups is 2. The third-order valence-corrected chi connectivity index (χ3v) is 4.64. The number of hydrogen-bond acceptors (Lipinski definition) is 6. The van der Waals surface area contributed by atoms with Gasteiger partial charge in [0.2, 0.25) is 0 Å². The molecule has 2 N–H and O–H groups in total. The van der Waals surface area contributed by atoms with E-state index in [0.29, 0.717) is 0 Å². The molecular formula is C22H34O6. The number of hydrogen-bond donors (Lipinski definition) is 2. The van der Waals surface area contributed by atoms with Crippen LogP contribution in [0.2, 0.25) is 0 Å². The minimum Gasteiger partial charge on any atom is -0.462 e. The second-order valence-electron chi connectivity index (χ2n) is 7.38. The Bertz CT molecular complexity index is 535. The molecule has 2 unspecified atom stereocenters. The number of rotatable bonds is 14. The molecule has 0 aliphatic carbocycles. The van der Waals surface area contributed by atoms with Gasteiger partial charge in [-0.2, -0.15) is 0 Å². The molecule has 6 nitrogen and oxygen atoms in total. The summed E-state index contributed by atoms with van der Waals surface area (Å²) in [4.78, 5) is 24.6. The molecule has 28 heavy (non-hydrogen) atoms. The second kappa shape index (κ2) is 14.1. The monoisotopic (exact) mass is 394 g/mol. The SMILES string of the molecule is CC(CO)CCCCOC(=O)c1ccccc1C(=O)OCCCCC(C)CO. The fraction of sp³-hybridized carbons (Fsp3) is 0.636. The second-order valence-corrected chi connectivity index (χ2v) is 7.38. The first-order valence-electron chi connectivity index (χ1n) is 10.1. The van der Waals surface area contributed by atoms with E-state index in [1.807, 2.05) is 13.8 Å². The van der Waals surface area contributed by atoms with Crippen LogP contribution in [0.25, 0.3) is 0 Å². The van der Waals surface area contributed by atoms with E-state index in [1.54, 1.807) is 24.3 Å². The van der Waals surface area contributed by atoms with Gasteiger partial charge in [0.15, 0.2) is 0 Å². The molecule has 1 aromatic carbocycles. The van der Waals surface area contributed by atoms with Gasteiger partial charge in [0.25, 0.3) is 0 Å². The largest absolute Gasteiger partial charge is 0.462 e. The normalized spacial score (nSPS) is 13.0. The molecule has 158 valence electrons. The average Bonchev–Trinajstić information content (AvgIpc) is 2.72. The minimum atomic E-state index is -0.528. The van der Waals surface area contributed by atoms with Crippen LogP contribution in [0.3, 0.4) is 0 Å². The van der Waals surface area contributed by atoms with E-state index in [0.717, 1.165) is 38.5 Å². The fourth-order valence-electron chi connectivity index (χ4n) is 2.70. The molecule has 0 radical (unpaired) electrons. The predicted molar refractivity (Wildman–Crippen MR) is 107 cm³/mol. The van der Waals surface area contributed by atoms with Crippen molar-refractivity contribution >= 4 is 11.9 Å². The molecule has 0 bridgehead atoms. The summed E-state index contributed by atoms with van der Waals surface area (Å²) in [6.07, 6.45) is 4.94. The molecular weight excluding hydrogens is 360 g/mol. The number of esters is 2. The van der Waals surface area contributed by atoms with E-state index in [9.17, 15) is 9.59 Å². The van der Waals surface area contributed by atoms with E-state index in [-0.39, 0.29) is 49.4 Å². The van der Waals surface area contributed by atoms with E-state index < -0.39 is 11.9 Å². The van der Waals surface area contributed by atoms with Crippen LogP contribution in [0.1, 0.15) is 73.1 Å². The first-order chi connectivity index (χ1) is 13.5. The van der Waals surface area contributed by atoms with Crippen LogP contribution in [0, 0.1) is 11.8 Å². The Morgan fingerprint density at radius 1 is 0.786 bits per heavy atom. The number of carbonyl (C=O) groups is 2. The zero-order valence-electron chi connectivity index (χ0n) is 17.1. The molecule has 0 amide bonds. The molecule has 0 aromatic heterocycles. The van der Waals surface area contributed by atoms with Crippen LogP contribution in [0.15, 0.2) is 24.3 Å². The van der Waals surface area contributed by atoms with Crippen LogP contribution < -0.4 is 0 Å². The van der Waals surface area contributed by atoms with E-state index >= 15 is 0 Å². The number of aliphatic hydroxyl groups excluding tert-OH is 2. The molecule has 0 spiro atoms. The van der Waals surface area contributed by atoms with Crippen molar-refractivity contribution in [3.63, 3.8) is 0 Å². The minimum absolute atomic E-state index is 0.162. The summed E-state index contributed by atoms with van der Waals surface area (Å²) in [6, 6.07) is 6.50. The zero-order valence-corrected chi connectivity index (χ0v) is 17.1.